The summed E-state index contributed by atoms with van der Waals surface area (Å²) in [4.78, 5) is 23.7. The molecule has 110 valence electrons. The topological polar surface area (TPSA) is 117 Å². The van der Waals surface area contributed by atoms with E-state index in [-0.39, 0.29) is 24.2 Å². The van der Waals surface area contributed by atoms with Crippen LogP contribution >= 0.6 is 0 Å². The zero-order valence-corrected chi connectivity index (χ0v) is 12.2. The van der Waals surface area contributed by atoms with Crippen molar-refractivity contribution < 1.29 is 14.8 Å². The number of amides is 2. The van der Waals surface area contributed by atoms with Crippen molar-refractivity contribution in [3.63, 3.8) is 0 Å². The van der Waals surface area contributed by atoms with E-state index in [1.165, 1.54) is 0 Å². The van der Waals surface area contributed by atoms with Crippen LogP contribution in [0.1, 0.15) is 34.1 Å². The van der Waals surface area contributed by atoms with Gasteiger partial charge in [-0.25, -0.2) is 0 Å². The number of carbonyl (C=O) groups excluding carboxylic acids is 2. The van der Waals surface area contributed by atoms with Gasteiger partial charge in [0.1, 0.15) is 5.41 Å². The second kappa shape index (κ2) is 6.40. The lowest BCUT2D eigenvalue weighted by Crippen LogP contribution is -2.51. The summed E-state index contributed by atoms with van der Waals surface area (Å²) in [6.07, 6.45) is 0.384. The number of nitrogens with two attached hydrogens (primary N) is 1. The zero-order chi connectivity index (χ0) is 15.3. The SMILES string of the molecule is CCC(C)(C(=O)NCC(C)(C)C(=O)NC)C(N)=NO. The number of nitrogens with one attached hydrogen (secondary N) is 2. The molecule has 2 amide bonds. The van der Waals surface area contributed by atoms with Crippen molar-refractivity contribution in [1.29, 1.82) is 0 Å². The molecule has 0 aromatic carbocycles. The highest BCUT2D eigenvalue weighted by Gasteiger charge is 2.37. The molecular formula is C12H24N4O3. The summed E-state index contributed by atoms with van der Waals surface area (Å²) in [7, 11) is 1.54. The first kappa shape index (κ1) is 17.2. The fourth-order valence-electron chi connectivity index (χ4n) is 1.48. The van der Waals surface area contributed by atoms with Crippen LogP contribution in [0.2, 0.25) is 0 Å². The Morgan fingerprint density at radius 2 is 1.79 bits per heavy atom. The maximum Gasteiger partial charge on any atom is 0.233 e. The molecule has 0 aliphatic rings. The van der Waals surface area contributed by atoms with Gasteiger partial charge in [-0.3, -0.25) is 9.59 Å². The van der Waals surface area contributed by atoms with Crippen LogP contribution in [0.4, 0.5) is 0 Å². The van der Waals surface area contributed by atoms with Crippen LogP contribution in [0.25, 0.3) is 0 Å². The Hall–Kier alpha value is -1.79. The predicted octanol–water partition coefficient (Wildman–Crippen LogP) is 0.0375. The molecule has 0 heterocycles. The third-order valence-corrected chi connectivity index (χ3v) is 3.41. The monoisotopic (exact) mass is 272 g/mol. The fourth-order valence-corrected chi connectivity index (χ4v) is 1.48. The molecule has 0 aliphatic carbocycles. The molecule has 7 heteroatoms. The van der Waals surface area contributed by atoms with Crippen molar-refractivity contribution in [3.05, 3.63) is 0 Å². The number of hydrogen-bond acceptors (Lipinski definition) is 4. The molecule has 0 fully saturated rings. The van der Waals surface area contributed by atoms with E-state index in [1.54, 1.807) is 34.7 Å². The third-order valence-electron chi connectivity index (χ3n) is 3.41. The largest absolute Gasteiger partial charge is 0.409 e. The number of carbonyl (C=O) groups is 2. The molecule has 19 heavy (non-hydrogen) atoms. The van der Waals surface area contributed by atoms with Gasteiger partial charge in [-0.05, 0) is 27.2 Å². The van der Waals surface area contributed by atoms with Crippen LogP contribution in [0, 0.1) is 10.8 Å². The number of rotatable bonds is 6. The van der Waals surface area contributed by atoms with E-state index in [4.69, 9.17) is 10.9 Å². The van der Waals surface area contributed by atoms with E-state index in [0.29, 0.717) is 6.42 Å². The van der Waals surface area contributed by atoms with Crippen molar-refractivity contribution in [2.75, 3.05) is 13.6 Å². The Bertz CT molecular complexity index is 379. The lowest BCUT2D eigenvalue weighted by atomic mass is 9.84. The Balaban J connectivity index is 4.84. The summed E-state index contributed by atoms with van der Waals surface area (Å²) in [5, 5.41) is 16.8. The first-order valence-corrected chi connectivity index (χ1v) is 6.14. The maximum absolute atomic E-state index is 12.1. The van der Waals surface area contributed by atoms with Crippen LogP contribution in [-0.4, -0.2) is 36.4 Å². The summed E-state index contributed by atoms with van der Waals surface area (Å²) in [5.74, 6) is -0.692. The molecule has 7 nitrogen and oxygen atoms in total. The smallest absolute Gasteiger partial charge is 0.233 e. The van der Waals surface area contributed by atoms with E-state index in [2.05, 4.69) is 15.8 Å². The predicted molar refractivity (Wildman–Crippen MR) is 72.7 cm³/mol. The third kappa shape index (κ3) is 3.84. The second-order valence-electron chi connectivity index (χ2n) is 5.32. The standard InChI is InChI=1S/C12H24N4O3/c1-6-12(4,8(13)16-19)10(18)15-7-11(2,3)9(17)14-5/h19H,6-7H2,1-5H3,(H2,13,16)(H,14,17)(H,15,18). The quantitative estimate of drug-likeness (QED) is 0.236. The highest BCUT2D eigenvalue weighted by atomic mass is 16.4. The first-order valence-electron chi connectivity index (χ1n) is 6.14. The minimum Gasteiger partial charge on any atom is -0.409 e. The fraction of sp³-hybridized carbons (Fsp3) is 0.750. The Morgan fingerprint density at radius 1 is 1.26 bits per heavy atom. The molecule has 0 saturated carbocycles. The van der Waals surface area contributed by atoms with Crippen LogP contribution < -0.4 is 16.4 Å². The van der Waals surface area contributed by atoms with Gasteiger partial charge in [0.2, 0.25) is 11.8 Å². The molecule has 0 aliphatic heterocycles. The molecular weight excluding hydrogens is 248 g/mol. The maximum atomic E-state index is 12.1. The number of oxime groups is 1. The summed E-state index contributed by atoms with van der Waals surface area (Å²) in [6, 6.07) is 0. The molecule has 0 aromatic rings. The number of amidine groups is 1. The van der Waals surface area contributed by atoms with Gasteiger partial charge < -0.3 is 21.6 Å². The van der Waals surface area contributed by atoms with Gasteiger partial charge in [0.05, 0.1) is 5.41 Å². The molecule has 0 radical (unpaired) electrons. The van der Waals surface area contributed by atoms with Crippen molar-refractivity contribution in [1.82, 2.24) is 10.6 Å². The van der Waals surface area contributed by atoms with Gasteiger partial charge in [0.15, 0.2) is 5.84 Å². The molecule has 1 unspecified atom stereocenters. The summed E-state index contributed by atoms with van der Waals surface area (Å²) in [6.45, 7) is 6.96. The van der Waals surface area contributed by atoms with Crippen LogP contribution in [0.3, 0.4) is 0 Å². The van der Waals surface area contributed by atoms with Crippen LogP contribution in [0.5, 0.6) is 0 Å². The molecule has 0 saturated heterocycles. The van der Waals surface area contributed by atoms with E-state index in [0.717, 1.165) is 0 Å². The molecule has 1 atom stereocenters. The summed E-state index contributed by atoms with van der Waals surface area (Å²) >= 11 is 0. The minimum absolute atomic E-state index is 0.148. The number of nitrogens with zero attached hydrogens (tertiary/aromatic N) is 1. The summed E-state index contributed by atoms with van der Waals surface area (Å²) < 4.78 is 0. The lowest BCUT2D eigenvalue weighted by molar-refractivity contribution is -0.131. The van der Waals surface area contributed by atoms with E-state index in [9.17, 15) is 9.59 Å². The van der Waals surface area contributed by atoms with Gasteiger partial charge in [-0.15, -0.1) is 0 Å². The first-order chi connectivity index (χ1) is 8.65. The summed E-state index contributed by atoms with van der Waals surface area (Å²) in [5.41, 5.74) is 3.73. The Labute approximate surface area is 113 Å². The highest BCUT2D eigenvalue weighted by Crippen LogP contribution is 2.22. The van der Waals surface area contributed by atoms with Crippen molar-refractivity contribution >= 4 is 17.6 Å². The minimum atomic E-state index is -1.09. The second-order valence-corrected chi connectivity index (χ2v) is 5.32. The van der Waals surface area contributed by atoms with Crippen LogP contribution in [-0.2, 0) is 9.59 Å². The normalized spacial score (nSPS) is 15.5. The Morgan fingerprint density at radius 3 is 2.16 bits per heavy atom. The molecule has 0 spiro atoms. The Kier molecular flexibility index (Phi) is 5.80. The average Bonchev–Trinajstić information content (AvgIpc) is 2.41. The van der Waals surface area contributed by atoms with Gasteiger partial charge in [-0.2, -0.15) is 0 Å². The molecule has 5 N–H and O–H groups in total. The van der Waals surface area contributed by atoms with E-state index < -0.39 is 10.8 Å². The van der Waals surface area contributed by atoms with Crippen molar-refractivity contribution in [3.8, 4) is 0 Å². The zero-order valence-electron chi connectivity index (χ0n) is 12.2. The molecule has 0 aromatic heterocycles. The average molecular weight is 272 g/mol. The van der Waals surface area contributed by atoms with Gasteiger partial charge >= 0.3 is 0 Å². The van der Waals surface area contributed by atoms with Crippen molar-refractivity contribution in [2.24, 2.45) is 21.7 Å². The van der Waals surface area contributed by atoms with E-state index >= 15 is 0 Å². The van der Waals surface area contributed by atoms with Gasteiger partial charge in [0, 0.05) is 13.6 Å². The van der Waals surface area contributed by atoms with Gasteiger partial charge in [-0.1, -0.05) is 12.1 Å². The molecule has 0 rings (SSSR count). The van der Waals surface area contributed by atoms with Crippen LogP contribution in [0.15, 0.2) is 5.16 Å². The number of hydrogen-bond donors (Lipinski definition) is 4. The van der Waals surface area contributed by atoms with Crippen molar-refractivity contribution in [2.45, 2.75) is 34.1 Å². The highest BCUT2D eigenvalue weighted by molar-refractivity contribution is 6.06. The van der Waals surface area contributed by atoms with Gasteiger partial charge in [0.25, 0.3) is 0 Å². The molecule has 0 bridgehead atoms. The lowest BCUT2D eigenvalue weighted by Gasteiger charge is -2.28. The van der Waals surface area contributed by atoms with E-state index in [1.807, 2.05) is 0 Å².